The molecule has 2 rings (SSSR count). The smallest absolute Gasteiger partial charge is 0.130 e. The van der Waals surface area contributed by atoms with Crippen molar-refractivity contribution in [3.8, 4) is 17.2 Å². The molecule has 0 bridgehead atoms. The van der Waals surface area contributed by atoms with Crippen molar-refractivity contribution in [2.75, 3.05) is 27.9 Å². The van der Waals surface area contributed by atoms with Crippen molar-refractivity contribution in [1.82, 2.24) is 5.32 Å². The van der Waals surface area contributed by atoms with Crippen LogP contribution in [0.25, 0.3) is 0 Å². The molecular formula is C16H25NO4. The molecule has 0 unspecified atom stereocenters. The first kappa shape index (κ1) is 15.9. The highest BCUT2D eigenvalue weighted by Crippen LogP contribution is 2.34. The molecule has 21 heavy (non-hydrogen) atoms. The minimum Gasteiger partial charge on any atom is -0.496 e. The normalized spacial score (nSPS) is 20.8. The second-order valence-electron chi connectivity index (χ2n) is 5.14. The van der Waals surface area contributed by atoms with Crippen LogP contribution >= 0.6 is 0 Å². The zero-order valence-corrected chi connectivity index (χ0v) is 13.3. The van der Waals surface area contributed by atoms with Gasteiger partial charge in [-0.25, -0.2) is 0 Å². The van der Waals surface area contributed by atoms with E-state index in [0.29, 0.717) is 18.7 Å². The predicted octanol–water partition coefficient (Wildman–Crippen LogP) is 2.37. The van der Waals surface area contributed by atoms with Crippen molar-refractivity contribution in [2.45, 2.75) is 38.5 Å². The summed E-state index contributed by atoms with van der Waals surface area (Å²) in [6.07, 6.45) is 2.54. The summed E-state index contributed by atoms with van der Waals surface area (Å²) in [7, 11) is 4.95. The molecule has 1 aliphatic carbocycles. The van der Waals surface area contributed by atoms with Crippen LogP contribution in [0.2, 0.25) is 0 Å². The fraction of sp³-hybridized carbons (Fsp3) is 0.625. The molecule has 1 saturated carbocycles. The fourth-order valence-corrected chi connectivity index (χ4v) is 2.60. The van der Waals surface area contributed by atoms with Crippen LogP contribution in [-0.4, -0.2) is 40.1 Å². The first-order valence-corrected chi connectivity index (χ1v) is 7.35. The molecule has 0 aliphatic heterocycles. The Morgan fingerprint density at radius 3 is 2.14 bits per heavy atom. The number of nitrogens with one attached hydrogen (secondary N) is 1. The molecular weight excluding hydrogens is 270 g/mol. The van der Waals surface area contributed by atoms with Crippen molar-refractivity contribution in [3.63, 3.8) is 0 Å². The zero-order valence-electron chi connectivity index (χ0n) is 13.3. The van der Waals surface area contributed by atoms with Crippen molar-refractivity contribution in [3.05, 3.63) is 17.7 Å². The van der Waals surface area contributed by atoms with E-state index in [2.05, 4.69) is 5.32 Å². The van der Waals surface area contributed by atoms with Crippen LogP contribution in [0.4, 0.5) is 0 Å². The Balaban J connectivity index is 1.99. The first-order valence-electron chi connectivity index (χ1n) is 7.35. The summed E-state index contributed by atoms with van der Waals surface area (Å²) in [4.78, 5) is 0. The Bertz CT molecular complexity index is 433. The quantitative estimate of drug-likeness (QED) is 0.798. The van der Waals surface area contributed by atoms with E-state index in [1.165, 1.54) is 0 Å². The van der Waals surface area contributed by atoms with E-state index in [4.69, 9.17) is 18.9 Å². The van der Waals surface area contributed by atoms with Gasteiger partial charge in [-0.05, 0) is 19.8 Å². The third-order valence-corrected chi connectivity index (χ3v) is 3.88. The molecule has 5 nitrogen and oxygen atoms in total. The average Bonchev–Trinajstić information content (AvgIpc) is 2.48. The number of rotatable bonds is 8. The van der Waals surface area contributed by atoms with Crippen LogP contribution < -0.4 is 19.5 Å². The van der Waals surface area contributed by atoms with Gasteiger partial charge in [-0.2, -0.15) is 0 Å². The third kappa shape index (κ3) is 3.80. The van der Waals surface area contributed by atoms with Gasteiger partial charge >= 0.3 is 0 Å². The van der Waals surface area contributed by atoms with Crippen molar-refractivity contribution >= 4 is 0 Å². The topological polar surface area (TPSA) is 49.0 Å². The first-order chi connectivity index (χ1) is 10.2. The summed E-state index contributed by atoms with van der Waals surface area (Å²) in [5.74, 6) is 2.28. The van der Waals surface area contributed by atoms with E-state index in [1.807, 2.05) is 19.1 Å². The van der Waals surface area contributed by atoms with Gasteiger partial charge in [-0.3, -0.25) is 0 Å². The lowest BCUT2D eigenvalue weighted by molar-refractivity contribution is -0.0102. The monoisotopic (exact) mass is 295 g/mol. The van der Waals surface area contributed by atoms with Crippen LogP contribution in [0, 0.1) is 0 Å². The summed E-state index contributed by atoms with van der Waals surface area (Å²) in [5, 5.41) is 3.53. The van der Waals surface area contributed by atoms with Gasteiger partial charge in [0, 0.05) is 31.3 Å². The van der Waals surface area contributed by atoms with Gasteiger partial charge in [-0.15, -0.1) is 0 Å². The highest BCUT2D eigenvalue weighted by molar-refractivity contribution is 5.50. The lowest BCUT2D eigenvalue weighted by Gasteiger charge is -2.35. The zero-order chi connectivity index (χ0) is 15.2. The van der Waals surface area contributed by atoms with Crippen molar-refractivity contribution < 1.29 is 18.9 Å². The molecule has 0 spiro atoms. The Kier molecular flexibility index (Phi) is 5.70. The van der Waals surface area contributed by atoms with E-state index in [0.717, 1.165) is 42.3 Å². The van der Waals surface area contributed by atoms with Gasteiger partial charge in [0.25, 0.3) is 0 Å². The minimum absolute atomic E-state index is 0.409. The molecule has 0 radical (unpaired) electrons. The van der Waals surface area contributed by atoms with Gasteiger partial charge < -0.3 is 24.3 Å². The summed E-state index contributed by atoms with van der Waals surface area (Å²) < 4.78 is 21.7. The molecule has 1 aromatic rings. The number of methoxy groups -OCH3 is 3. The molecule has 118 valence electrons. The van der Waals surface area contributed by atoms with E-state index >= 15 is 0 Å². The van der Waals surface area contributed by atoms with Crippen LogP contribution in [0.1, 0.15) is 25.3 Å². The lowest BCUT2D eigenvalue weighted by atomic mass is 9.89. The van der Waals surface area contributed by atoms with Gasteiger partial charge in [0.15, 0.2) is 0 Å². The molecule has 0 amide bonds. The third-order valence-electron chi connectivity index (χ3n) is 3.88. The Labute approximate surface area is 126 Å². The highest BCUT2D eigenvalue weighted by atomic mass is 16.5. The SMILES string of the molecule is CCOC1CC(NCc2c(OC)cc(OC)cc2OC)C1. The molecule has 1 aliphatic rings. The maximum absolute atomic E-state index is 5.57. The molecule has 1 N–H and O–H groups in total. The minimum atomic E-state index is 0.409. The number of benzene rings is 1. The molecule has 1 fully saturated rings. The number of ether oxygens (including phenoxy) is 4. The Morgan fingerprint density at radius 1 is 1.05 bits per heavy atom. The van der Waals surface area contributed by atoms with Crippen LogP contribution in [0.3, 0.4) is 0 Å². The van der Waals surface area contributed by atoms with E-state index in [9.17, 15) is 0 Å². The van der Waals surface area contributed by atoms with Crippen LogP contribution in [-0.2, 0) is 11.3 Å². The van der Waals surface area contributed by atoms with E-state index in [-0.39, 0.29) is 0 Å². The lowest BCUT2D eigenvalue weighted by Crippen LogP contribution is -2.45. The van der Waals surface area contributed by atoms with Crippen LogP contribution in [0.15, 0.2) is 12.1 Å². The summed E-state index contributed by atoms with van der Waals surface area (Å²) in [5.41, 5.74) is 1.01. The number of hydrogen-bond donors (Lipinski definition) is 1. The Hall–Kier alpha value is -1.46. The van der Waals surface area contributed by atoms with Crippen molar-refractivity contribution in [1.29, 1.82) is 0 Å². The fourth-order valence-electron chi connectivity index (χ4n) is 2.60. The Morgan fingerprint density at radius 2 is 1.67 bits per heavy atom. The molecule has 0 aromatic heterocycles. The summed E-state index contributed by atoms with van der Waals surface area (Å²) >= 11 is 0. The molecule has 0 saturated heterocycles. The second-order valence-corrected chi connectivity index (χ2v) is 5.14. The molecule has 1 aromatic carbocycles. The maximum atomic E-state index is 5.57. The predicted molar refractivity (Wildman–Crippen MR) is 81.4 cm³/mol. The van der Waals surface area contributed by atoms with Gasteiger partial charge in [0.1, 0.15) is 17.2 Å². The average molecular weight is 295 g/mol. The number of hydrogen-bond acceptors (Lipinski definition) is 5. The molecule has 0 heterocycles. The van der Waals surface area contributed by atoms with Gasteiger partial charge in [0.05, 0.1) is 33.0 Å². The molecule has 5 heteroatoms. The van der Waals surface area contributed by atoms with Crippen molar-refractivity contribution in [2.24, 2.45) is 0 Å². The van der Waals surface area contributed by atoms with E-state index in [1.54, 1.807) is 21.3 Å². The van der Waals surface area contributed by atoms with Gasteiger partial charge in [0.2, 0.25) is 0 Å². The second kappa shape index (κ2) is 7.52. The highest BCUT2D eigenvalue weighted by Gasteiger charge is 2.29. The van der Waals surface area contributed by atoms with E-state index < -0.39 is 0 Å². The van der Waals surface area contributed by atoms with Gasteiger partial charge in [-0.1, -0.05) is 0 Å². The maximum Gasteiger partial charge on any atom is 0.130 e. The summed E-state index contributed by atoms with van der Waals surface area (Å²) in [6, 6.07) is 4.25. The molecule has 0 atom stereocenters. The standard InChI is InChI=1S/C16H25NO4/c1-5-21-13-6-11(7-13)17-10-14-15(19-3)8-12(18-2)9-16(14)20-4/h8-9,11,13,17H,5-7,10H2,1-4H3. The summed E-state index contributed by atoms with van der Waals surface area (Å²) in [6.45, 7) is 3.53. The largest absolute Gasteiger partial charge is 0.496 e. The van der Waals surface area contributed by atoms with Crippen LogP contribution in [0.5, 0.6) is 17.2 Å².